The molecule has 2 aromatic carbocycles. The minimum Gasteiger partial charge on any atom is -0.356 e. The highest BCUT2D eigenvalue weighted by atomic mass is 16.1. The number of anilines is 1. The predicted octanol–water partition coefficient (Wildman–Crippen LogP) is 4.37. The second-order valence-corrected chi connectivity index (χ2v) is 7.52. The van der Waals surface area contributed by atoms with Crippen molar-refractivity contribution in [1.29, 1.82) is 0 Å². The summed E-state index contributed by atoms with van der Waals surface area (Å²) in [5, 5.41) is 3.00. The average Bonchev–Trinajstić information content (AvgIpc) is 2.79. The highest BCUT2D eigenvalue weighted by Gasteiger charge is 2.18. The highest BCUT2D eigenvalue weighted by molar-refractivity contribution is 5.93. The summed E-state index contributed by atoms with van der Waals surface area (Å²) in [6.07, 6.45) is 3.55. The van der Waals surface area contributed by atoms with Crippen molar-refractivity contribution in [3.63, 3.8) is 0 Å². The molecule has 0 unspecified atom stereocenters. The Hall–Kier alpha value is -3.21. The van der Waals surface area contributed by atoms with E-state index in [9.17, 15) is 4.79 Å². The van der Waals surface area contributed by atoms with Crippen LogP contribution in [0.3, 0.4) is 0 Å². The first-order valence-corrected chi connectivity index (χ1v) is 10.2. The molecule has 1 aliphatic rings. The van der Waals surface area contributed by atoms with Crippen molar-refractivity contribution in [1.82, 2.24) is 15.3 Å². The molecule has 4 rings (SSSR count). The fourth-order valence-electron chi connectivity index (χ4n) is 3.53. The zero-order valence-electron chi connectivity index (χ0n) is 16.8. The third-order valence-corrected chi connectivity index (χ3v) is 5.23. The van der Waals surface area contributed by atoms with Crippen LogP contribution in [-0.2, 0) is 6.54 Å². The molecule has 1 aliphatic heterocycles. The van der Waals surface area contributed by atoms with Gasteiger partial charge in [0.15, 0.2) is 5.82 Å². The van der Waals surface area contributed by atoms with Crippen LogP contribution in [0.1, 0.15) is 40.9 Å². The van der Waals surface area contributed by atoms with Gasteiger partial charge in [-0.15, -0.1) is 0 Å². The molecule has 0 saturated carbocycles. The lowest BCUT2D eigenvalue weighted by Gasteiger charge is -2.28. The molecule has 1 amide bonds. The largest absolute Gasteiger partial charge is 0.356 e. The SMILES string of the molecule is Cc1ccc(CNC(=O)c2cc(N3CCCCC3)nc(-c3ccccc3)n2)cc1. The number of aromatic nitrogens is 2. The molecule has 0 bridgehead atoms. The van der Waals surface area contributed by atoms with Crippen LogP contribution in [0.25, 0.3) is 11.4 Å². The smallest absolute Gasteiger partial charge is 0.270 e. The van der Waals surface area contributed by atoms with E-state index in [1.807, 2.05) is 60.7 Å². The van der Waals surface area contributed by atoms with Gasteiger partial charge >= 0.3 is 0 Å². The van der Waals surface area contributed by atoms with Crippen LogP contribution in [0, 0.1) is 6.92 Å². The molecule has 0 radical (unpaired) electrons. The van der Waals surface area contributed by atoms with Crippen LogP contribution >= 0.6 is 0 Å². The molecule has 148 valence electrons. The summed E-state index contributed by atoms with van der Waals surface area (Å²) in [4.78, 5) is 24.5. The van der Waals surface area contributed by atoms with Gasteiger partial charge in [0.1, 0.15) is 11.5 Å². The van der Waals surface area contributed by atoms with Gasteiger partial charge in [-0.05, 0) is 31.7 Å². The van der Waals surface area contributed by atoms with Crippen molar-refractivity contribution in [2.24, 2.45) is 0 Å². The molecule has 0 atom stereocenters. The number of amides is 1. The Morgan fingerprint density at radius 2 is 1.69 bits per heavy atom. The molecule has 0 aliphatic carbocycles. The summed E-state index contributed by atoms with van der Waals surface area (Å²) in [7, 11) is 0. The van der Waals surface area contributed by atoms with Gasteiger partial charge in [-0.3, -0.25) is 4.79 Å². The highest BCUT2D eigenvalue weighted by Crippen LogP contribution is 2.23. The van der Waals surface area contributed by atoms with Gasteiger partial charge in [0.25, 0.3) is 5.91 Å². The van der Waals surface area contributed by atoms with Gasteiger partial charge in [-0.2, -0.15) is 0 Å². The molecule has 1 aromatic heterocycles. The van der Waals surface area contributed by atoms with E-state index in [1.165, 1.54) is 12.0 Å². The molecule has 2 heterocycles. The van der Waals surface area contributed by atoms with Gasteiger partial charge in [-0.25, -0.2) is 9.97 Å². The van der Waals surface area contributed by atoms with Crippen molar-refractivity contribution in [3.8, 4) is 11.4 Å². The van der Waals surface area contributed by atoms with E-state index in [2.05, 4.69) is 22.1 Å². The number of nitrogens with zero attached hydrogens (tertiary/aromatic N) is 3. The number of benzene rings is 2. The van der Waals surface area contributed by atoms with E-state index < -0.39 is 0 Å². The Balaban J connectivity index is 1.60. The Labute approximate surface area is 171 Å². The first-order chi connectivity index (χ1) is 14.2. The number of piperidine rings is 1. The van der Waals surface area contributed by atoms with E-state index in [1.54, 1.807) is 0 Å². The van der Waals surface area contributed by atoms with Gasteiger partial charge in [0.05, 0.1) is 0 Å². The molecule has 5 nitrogen and oxygen atoms in total. The van der Waals surface area contributed by atoms with Gasteiger partial charge < -0.3 is 10.2 Å². The quantitative estimate of drug-likeness (QED) is 0.707. The standard InChI is InChI=1S/C24H26N4O/c1-18-10-12-19(13-11-18)17-25-24(29)21-16-22(28-14-6-3-7-15-28)27-23(26-21)20-8-4-2-5-9-20/h2,4-5,8-13,16H,3,6-7,14-15,17H2,1H3,(H,25,29). The number of carbonyl (C=O) groups is 1. The van der Waals surface area contributed by atoms with Crippen LogP contribution in [0.5, 0.6) is 0 Å². The maximum Gasteiger partial charge on any atom is 0.270 e. The zero-order valence-corrected chi connectivity index (χ0v) is 16.8. The monoisotopic (exact) mass is 386 g/mol. The molecule has 5 heteroatoms. The molecule has 3 aromatic rings. The third kappa shape index (κ3) is 4.80. The molecular weight excluding hydrogens is 360 g/mol. The average molecular weight is 386 g/mol. The van der Waals surface area contributed by atoms with E-state index in [0.717, 1.165) is 42.9 Å². The number of hydrogen-bond acceptors (Lipinski definition) is 4. The summed E-state index contributed by atoms with van der Waals surface area (Å²) < 4.78 is 0. The second kappa shape index (κ2) is 8.86. The van der Waals surface area contributed by atoms with E-state index in [-0.39, 0.29) is 5.91 Å². The second-order valence-electron chi connectivity index (χ2n) is 7.52. The Morgan fingerprint density at radius 3 is 2.41 bits per heavy atom. The fourth-order valence-corrected chi connectivity index (χ4v) is 3.53. The van der Waals surface area contributed by atoms with Crippen molar-refractivity contribution < 1.29 is 4.79 Å². The van der Waals surface area contributed by atoms with E-state index in [4.69, 9.17) is 4.98 Å². The van der Waals surface area contributed by atoms with Crippen molar-refractivity contribution in [3.05, 3.63) is 77.5 Å². The zero-order chi connectivity index (χ0) is 20.1. The van der Waals surface area contributed by atoms with Crippen molar-refractivity contribution in [2.75, 3.05) is 18.0 Å². The molecule has 0 spiro atoms. The summed E-state index contributed by atoms with van der Waals surface area (Å²) in [5.41, 5.74) is 3.59. The molecule has 1 saturated heterocycles. The Morgan fingerprint density at radius 1 is 0.966 bits per heavy atom. The number of rotatable bonds is 5. The topological polar surface area (TPSA) is 58.1 Å². The van der Waals surface area contributed by atoms with Gasteiger partial charge in [0.2, 0.25) is 0 Å². The predicted molar refractivity (Wildman–Crippen MR) is 116 cm³/mol. The maximum atomic E-state index is 12.9. The number of nitrogens with one attached hydrogen (secondary N) is 1. The minimum atomic E-state index is -0.177. The lowest BCUT2D eigenvalue weighted by Crippen LogP contribution is -2.31. The van der Waals surface area contributed by atoms with Crippen molar-refractivity contribution in [2.45, 2.75) is 32.7 Å². The number of carbonyl (C=O) groups excluding carboxylic acids is 1. The first-order valence-electron chi connectivity index (χ1n) is 10.2. The first kappa shape index (κ1) is 19.1. The van der Waals surface area contributed by atoms with Crippen molar-refractivity contribution >= 4 is 11.7 Å². The fraction of sp³-hybridized carbons (Fsp3) is 0.292. The molecular formula is C24H26N4O. The summed E-state index contributed by atoms with van der Waals surface area (Å²) in [5.74, 6) is 1.25. The lowest BCUT2D eigenvalue weighted by atomic mass is 10.1. The van der Waals surface area contributed by atoms with Gasteiger partial charge in [0, 0.05) is 31.3 Å². The van der Waals surface area contributed by atoms with Gasteiger partial charge in [-0.1, -0.05) is 60.2 Å². The maximum absolute atomic E-state index is 12.9. The van der Waals surface area contributed by atoms with Crippen LogP contribution in [-0.4, -0.2) is 29.0 Å². The summed E-state index contributed by atoms with van der Waals surface area (Å²) >= 11 is 0. The van der Waals surface area contributed by atoms with Crippen LogP contribution in [0.15, 0.2) is 60.7 Å². The van der Waals surface area contributed by atoms with Crippen LogP contribution in [0.4, 0.5) is 5.82 Å². The number of hydrogen-bond donors (Lipinski definition) is 1. The van der Waals surface area contributed by atoms with E-state index >= 15 is 0 Å². The lowest BCUT2D eigenvalue weighted by molar-refractivity contribution is 0.0946. The molecule has 29 heavy (non-hydrogen) atoms. The number of aryl methyl sites for hydroxylation is 1. The van der Waals surface area contributed by atoms with Crippen LogP contribution < -0.4 is 10.2 Å². The third-order valence-electron chi connectivity index (χ3n) is 5.23. The minimum absolute atomic E-state index is 0.177. The Bertz CT molecular complexity index is 964. The van der Waals surface area contributed by atoms with E-state index in [0.29, 0.717) is 18.1 Å². The molecule has 1 N–H and O–H groups in total. The Kier molecular flexibility index (Phi) is 5.84. The normalized spacial score (nSPS) is 13.9. The van der Waals surface area contributed by atoms with Crippen LogP contribution in [0.2, 0.25) is 0 Å². The summed E-state index contributed by atoms with van der Waals surface area (Å²) in [6.45, 7) is 4.46. The summed E-state index contributed by atoms with van der Waals surface area (Å²) in [6, 6.07) is 19.8. The molecule has 1 fully saturated rings.